The number of hydrazone groups is 1. The van der Waals surface area contributed by atoms with E-state index in [2.05, 4.69) is 10.1 Å². The second-order valence-electron chi connectivity index (χ2n) is 4.21. The molecule has 0 aliphatic carbocycles. The lowest BCUT2D eigenvalue weighted by atomic mass is 10.2. The summed E-state index contributed by atoms with van der Waals surface area (Å²) >= 11 is 0. The zero-order chi connectivity index (χ0) is 13.8. The number of rotatable bonds is 4. The van der Waals surface area contributed by atoms with Crippen LogP contribution in [0, 0.1) is 0 Å². The van der Waals surface area contributed by atoms with E-state index in [1.54, 1.807) is 6.21 Å². The molecule has 100 valence electrons. The van der Waals surface area contributed by atoms with Gasteiger partial charge in [0, 0.05) is 0 Å². The highest BCUT2D eigenvalue weighted by molar-refractivity contribution is 5.79. The van der Waals surface area contributed by atoms with E-state index in [9.17, 15) is 0 Å². The summed E-state index contributed by atoms with van der Waals surface area (Å²) < 4.78 is 11.2. The number of hydrogen-bond donors (Lipinski definition) is 1. The van der Waals surface area contributed by atoms with Gasteiger partial charge in [-0.3, -0.25) is 0 Å². The molecule has 3 rings (SSSR count). The zero-order valence-electron chi connectivity index (χ0n) is 10.7. The average Bonchev–Trinajstić information content (AvgIpc) is 2.90. The molecule has 0 unspecified atom stereocenters. The molecule has 0 aliphatic rings. The van der Waals surface area contributed by atoms with Crippen molar-refractivity contribution < 1.29 is 9.15 Å². The number of oxazole rings is 1. The Morgan fingerprint density at radius 3 is 2.70 bits per heavy atom. The van der Waals surface area contributed by atoms with Crippen LogP contribution in [-0.2, 0) is 6.61 Å². The molecule has 1 heterocycles. The molecule has 0 saturated heterocycles. The van der Waals surface area contributed by atoms with Crippen molar-refractivity contribution in [2.24, 2.45) is 10.9 Å². The van der Waals surface area contributed by atoms with Gasteiger partial charge in [0.15, 0.2) is 12.2 Å². The molecule has 0 fully saturated rings. The predicted molar refractivity (Wildman–Crippen MR) is 76.6 cm³/mol. The highest BCUT2D eigenvalue weighted by atomic mass is 16.5. The third-order valence-electron chi connectivity index (χ3n) is 2.80. The topological polar surface area (TPSA) is 73.6 Å². The summed E-state index contributed by atoms with van der Waals surface area (Å²) in [4.78, 5) is 4.35. The molecular weight excluding hydrogens is 254 g/mol. The summed E-state index contributed by atoms with van der Waals surface area (Å²) in [6.07, 6.45) is 1.57. The maximum absolute atomic E-state index is 5.62. The van der Waals surface area contributed by atoms with Gasteiger partial charge >= 0.3 is 0 Å². The lowest BCUT2D eigenvalue weighted by Gasteiger charge is -2.03. The monoisotopic (exact) mass is 267 g/mol. The van der Waals surface area contributed by atoms with E-state index in [-0.39, 0.29) is 0 Å². The van der Waals surface area contributed by atoms with E-state index < -0.39 is 0 Å². The van der Waals surface area contributed by atoms with Crippen molar-refractivity contribution in [2.45, 2.75) is 6.61 Å². The number of nitrogens with zero attached hydrogens (tertiary/aromatic N) is 2. The van der Waals surface area contributed by atoms with Crippen LogP contribution in [0.25, 0.3) is 11.1 Å². The van der Waals surface area contributed by atoms with Gasteiger partial charge in [-0.05, 0) is 42.0 Å². The lowest BCUT2D eigenvalue weighted by Crippen LogP contribution is -1.95. The van der Waals surface area contributed by atoms with Gasteiger partial charge in [-0.15, -0.1) is 0 Å². The molecule has 2 aromatic carbocycles. The molecular formula is C15H13N3O2. The van der Waals surface area contributed by atoms with Crippen molar-refractivity contribution in [1.29, 1.82) is 0 Å². The Labute approximate surface area is 115 Å². The number of hydrogen-bond acceptors (Lipinski definition) is 5. The minimum Gasteiger partial charge on any atom is -0.484 e. The van der Waals surface area contributed by atoms with Crippen LogP contribution in [0.4, 0.5) is 0 Å². The summed E-state index contributed by atoms with van der Waals surface area (Å²) in [6, 6.07) is 15.1. The number of fused-ring (bicyclic) bond motifs is 1. The van der Waals surface area contributed by atoms with Gasteiger partial charge in [0.25, 0.3) is 0 Å². The van der Waals surface area contributed by atoms with Crippen molar-refractivity contribution in [3.63, 3.8) is 0 Å². The standard InChI is InChI=1S/C15H13N3O2/c16-17-9-11-5-7-12(8-6-11)19-10-15-18-13-3-1-2-4-14(13)20-15/h1-9H,10,16H2. The van der Waals surface area contributed by atoms with Crippen LogP contribution in [0.2, 0.25) is 0 Å². The van der Waals surface area contributed by atoms with Gasteiger partial charge in [0.1, 0.15) is 11.3 Å². The Morgan fingerprint density at radius 2 is 1.95 bits per heavy atom. The number of nitrogens with two attached hydrogens (primary N) is 1. The number of para-hydroxylation sites is 2. The van der Waals surface area contributed by atoms with E-state index in [1.165, 1.54) is 0 Å². The first kappa shape index (κ1) is 12.2. The second kappa shape index (κ2) is 5.44. The number of ether oxygens (including phenoxy) is 1. The normalized spacial score (nSPS) is 11.2. The van der Waals surface area contributed by atoms with Crippen LogP contribution in [0.5, 0.6) is 5.75 Å². The molecule has 20 heavy (non-hydrogen) atoms. The van der Waals surface area contributed by atoms with Crippen molar-refractivity contribution in [2.75, 3.05) is 0 Å². The summed E-state index contributed by atoms with van der Waals surface area (Å²) in [6.45, 7) is 0.291. The number of aromatic nitrogens is 1. The van der Waals surface area contributed by atoms with Crippen LogP contribution in [0.3, 0.4) is 0 Å². The maximum atomic E-state index is 5.62. The Balaban J connectivity index is 1.69. The van der Waals surface area contributed by atoms with Gasteiger partial charge in [-0.2, -0.15) is 5.10 Å². The fourth-order valence-corrected chi connectivity index (χ4v) is 1.86. The summed E-state index contributed by atoms with van der Waals surface area (Å²) in [5.41, 5.74) is 2.52. The third-order valence-corrected chi connectivity index (χ3v) is 2.80. The second-order valence-corrected chi connectivity index (χ2v) is 4.21. The largest absolute Gasteiger partial charge is 0.484 e. The van der Waals surface area contributed by atoms with Gasteiger partial charge in [-0.1, -0.05) is 12.1 Å². The van der Waals surface area contributed by atoms with Crippen molar-refractivity contribution >= 4 is 17.3 Å². The van der Waals surface area contributed by atoms with E-state index in [0.717, 1.165) is 22.4 Å². The average molecular weight is 267 g/mol. The molecule has 2 N–H and O–H groups in total. The van der Waals surface area contributed by atoms with Crippen molar-refractivity contribution in [1.82, 2.24) is 4.98 Å². The van der Waals surface area contributed by atoms with Crippen LogP contribution < -0.4 is 10.6 Å². The molecule has 5 heteroatoms. The van der Waals surface area contributed by atoms with E-state index in [0.29, 0.717) is 12.5 Å². The maximum Gasteiger partial charge on any atom is 0.233 e. The summed E-state index contributed by atoms with van der Waals surface area (Å²) in [5.74, 6) is 6.38. The molecule has 3 aromatic rings. The Hall–Kier alpha value is -2.82. The van der Waals surface area contributed by atoms with Crippen molar-refractivity contribution in [3.8, 4) is 5.75 Å². The Kier molecular flexibility index (Phi) is 3.33. The minimum atomic E-state index is 0.291. The van der Waals surface area contributed by atoms with Gasteiger partial charge < -0.3 is 15.0 Å². The molecule has 0 atom stereocenters. The smallest absolute Gasteiger partial charge is 0.233 e. The van der Waals surface area contributed by atoms with Gasteiger partial charge in [-0.25, -0.2) is 4.98 Å². The molecule has 0 radical (unpaired) electrons. The first-order chi connectivity index (χ1) is 9.85. The Bertz CT molecular complexity index is 699. The van der Waals surface area contributed by atoms with Crippen LogP contribution in [0.1, 0.15) is 11.5 Å². The first-order valence-corrected chi connectivity index (χ1v) is 6.16. The van der Waals surface area contributed by atoms with E-state index in [4.69, 9.17) is 15.0 Å². The summed E-state index contributed by atoms with van der Waals surface area (Å²) in [5, 5.41) is 3.46. The molecule has 0 bridgehead atoms. The number of benzene rings is 2. The van der Waals surface area contributed by atoms with Crippen molar-refractivity contribution in [3.05, 3.63) is 60.0 Å². The molecule has 0 saturated carbocycles. The highest BCUT2D eigenvalue weighted by Gasteiger charge is 2.05. The lowest BCUT2D eigenvalue weighted by molar-refractivity contribution is 0.267. The molecule has 0 amide bonds. The fraction of sp³-hybridized carbons (Fsp3) is 0.0667. The minimum absolute atomic E-state index is 0.291. The molecule has 5 nitrogen and oxygen atoms in total. The SMILES string of the molecule is NN=Cc1ccc(OCc2nc3ccccc3o2)cc1. The predicted octanol–water partition coefficient (Wildman–Crippen LogP) is 2.70. The molecule has 0 aliphatic heterocycles. The van der Waals surface area contributed by atoms with Gasteiger partial charge in [0.05, 0.1) is 6.21 Å². The quantitative estimate of drug-likeness (QED) is 0.448. The molecule has 0 spiro atoms. The van der Waals surface area contributed by atoms with Gasteiger partial charge in [0.2, 0.25) is 5.89 Å². The van der Waals surface area contributed by atoms with Crippen LogP contribution in [-0.4, -0.2) is 11.2 Å². The highest BCUT2D eigenvalue weighted by Crippen LogP contribution is 2.17. The van der Waals surface area contributed by atoms with Crippen LogP contribution >= 0.6 is 0 Å². The Morgan fingerprint density at radius 1 is 1.15 bits per heavy atom. The summed E-state index contributed by atoms with van der Waals surface area (Å²) in [7, 11) is 0. The van der Waals surface area contributed by atoms with E-state index in [1.807, 2.05) is 48.5 Å². The van der Waals surface area contributed by atoms with Crippen LogP contribution in [0.15, 0.2) is 58.0 Å². The third kappa shape index (κ3) is 2.61. The fourth-order valence-electron chi connectivity index (χ4n) is 1.86. The molecule has 1 aromatic heterocycles. The van der Waals surface area contributed by atoms with E-state index >= 15 is 0 Å². The first-order valence-electron chi connectivity index (χ1n) is 6.16. The zero-order valence-corrected chi connectivity index (χ0v) is 10.7.